The summed E-state index contributed by atoms with van der Waals surface area (Å²) in [7, 11) is -7.67. The van der Waals surface area contributed by atoms with E-state index in [2.05, 4.69) is 5.32 Å². The number of aromatic hydroxyl groups is 1. The summed E-state index contributed by atoms with van der Waals surface area (Å²) in [6, 6.07) is 6.05. The van der Waals surface area contributed by atoms with Gasteiger partial charge in [-0.25, -0.2) is 16.8 Å². The standard InChI is InChI=1S/C18H19N3O8S2/c1-30(26,27)15-9-12(8-13(10-15)21(24)25)18(23)19-16-11-14(4-5-17(16)22)31(28,29)20-6-2-3-7-20/h4-5,8-11,22H,2-3,6-7H2,1H3,(H,19,23). The average molecular weight is 469 g/mol. The summed E-state index contributed by atoms with van der Waals surface area (Å²) in [5, 5.41) is 23.5. The molecule has 0 bridgehead atoms. The first-order chi connectivity index (χ1) is 14.4. The molecule has 31 heavy (non-hydrogen) atoms. The molecule has 0 aromatic heterocycles. The number of carbonyl (C=O) groups excluding carboxylic acids is 1. The van der Waals surface area contributed by atoms with Gasteiger partial charge in [-0.05, 0) is 37.1 Å². The maximum atomic E-state index is 12.7. The van der Waals surface area contributed by atoms with Gasteiger partial charge in [-0.2, -0.15) is 4.31 Å². The van der Waals surface area contributed by atoms with E-state index in [0.717, 1.165) is 49.4 Å². The molecule has 13 heteroatoms. The van der Waals surface area contributed by atoms with Crippen LogP contribution in [0.3, 0.4) is 0 Å². The van der Waals surface area contributed by atoms with Crippen LogP contribution in [0.4, 0.5) is 11.4 Å². The zero-order valence-electron chi connectivity index (χ0n) is 16.3. The second-order valence-corrected chi connectivity index (χ2v) is 10.9. The Balaban J connectivity index is 1.97. The number of non-ortho nitro benzene ring substituents is 1. The molecule has 11 nitrogen and oxygen atoms in total. The lowest BCUT2D eigenvalue weighted by Gasteiger charge is -2.16. The third-order valence-electron chi connectivity index (χ3n) is 4.71. The van der Waals surface area contributed by atoms with E-state index in [-0.39, 0.29) is 16.1 Å². The number of sulfonamides is 1. The average Bonchev–Trinajstić information content (AvgIpc) is 3.24. The number of anilines is 1. The molecule has 2 N–H and O–H groups in total. The third kappa shape index (κ3) is 4.84. The van der Waals surface area contributed by atoms with Crippen LogP contribution < -0.4 is 5.32 Å². The van der Waals surface area contributed by atoms with Crippen LogP contribution >= 0.6 is 0 Å². The predicted molar refractivity (Wildman–Crippen MR) is 110 cm³/mol. The van der Waals surface area contributed by atoms with Gasteiger partial charge in [0.15, 0.2) is 9.84 Å². The van der Waals surface area contributed by atoms with E-state index in [1.54, 1.807) is 0 Å². The molecular formula is C18H19N3O8S2. The summed E-state index contributed by atoms with van der Waals surface area (Å²) in [4.78, 5) is 22.3. The van der Waals surface area contributed by atoms with Crippen molar-refractivity contribution in [2.24, 2.45) is 0 Å². The van der Waals surface area contributed by atoms with Gasteiger partial charge in [0.2, 0.25) is 10.0 Å². The molecule has 1 saturated heterocycles. The summed E-state index contributed by atoms with van der Waals surface area (Å²) < 4.78 is 50.4. The Hall–Kier alpha value is -3.03. The monoisotopic (exact) mass is 469 g/mol. The predicted octanol–water partition coefficient (Wildman–Crippen LogP) is 1.74. The molecule has 0 aliphatic carbocycles. The summed E-state index contributed by atoms with van der Waals surface area (Å²) >= 11 is 0. The molecule has 2 aromatic rings. The Bertz CT molecular complexity index is 1270. The highest BCUT2D eigenvalue weighted by Crippen LogP contribution is 2.30. The van der Waals surface area contributed by atoms with Gasteiger partial charge in [-0.1, -0.05) is 0 Å². The zero-order chi connectivity index (χ0) is 23.0. The van der Waals surface area contributed by atoms with Crippen molar-refractivity contribution in [3.8, 4) is 5.75 Å². The molecule has 1 heterocycles. The van der Waals surface area contributed by atoms with E-state index >= 15 is 0 Å². The molecule has 0 unspecified atom stereocenters. The van der Waals surface area contributed by atoms with Crippen LogP contribution in [-0.4, -0.2) is 56.4 Å². The van der Waals surface area contributed by atoms with Crippen LogP contribution in [0.15, 0.2) is 46.2 Å². The number of sulfone groups is 1. The van der Waals surface area contributed by atoms with Crippen molar-refractivity contribution in [3.05, 3.63) is 52.1 Å². The SMILES string of the molecule is CS(=O)(=O)c1cc(C(=O)Nc2cc(S(=O)(=O)N3CCCC3)ccc2O)cc([N+](=O)[O-])c1. The van der Waals surface area contributed by atoms with Gasteiger partial charge in [-0.15, -0.1) is 0 Å². The number of rotatable bonds is 6. The summed E-state index contributed by atoms with van der Waals surface area (Å²) in [5.41, 5.74) is -1.19. The molecular weight excluding hydrogens is 450 g/mol. The van der Waals surface area contributed by atoms with Crippen LogP contribution in [-0.2, 0) is 19.9 Å². The van der Waals surface area contributed by atoms with Gasteiger partial charge in [0.05, 0.1) is 20.4 Å². The highest BCUT2D eigenvalue weighted by molar-refractivity contribution is 7.90. The Kier molecular flexibility index (Phi) is 6.02. The van der Waals surface area contributed by atoms with E-state index in [0.29, 0.717) is 13.1 Å². The lowest BCUT2D eigenvalue weighted by Crippen LogP contribution is -2.28. The second-order valence-electron chi connectivity index (χ2n) is 6.99. The van der Waals surface area contributed by atoms with Crippen molar-refractivity contribution >= 4 is 37.1 Å². The molecule has 0 atom stereocenters. The molecule has 3 rings (SSSR count). The summed E-state index contributed by atoms with van der Waals surface area (Å²) in [5.74, 6) is -1.39. The minimum atomic E-state index is -3.85. The first kappa shape index (κ1) is 22.7. The number of benzene rings is 2. The number of nitro groups is 1. The van der Waals surface area contributed by atoms with Crippen LogP contribution in [0.1, 0.15) is 23.2 Å². The van der Waals surface area contributed by atoms with Crippen molar-refractivity contribution < 1.29 is 31.7 Å². The van der Waals surface area contributed by atoms with Crippen molar-refractivity contribution in [3.63, 3.8) is 0 Å². The molecule has 2 aromatic carbocycles. The largest absolute Gasteiger partial charge is 0.506 e. The van der Waals surface area contributed by atoms with Gasteiger partial charge >= 0.3 is 0 Å². The number of phenols is 1. The number of hydrogen-bond acceptors (Lipinski definition) is 8. The van der Waals surface area contributed by atoms with Crippen LogP contribution in [0.5, 0.6) is 5.75 Å². The fraction of sp³-hybridized carbons (Fsp3) is 0.278. The van der Waals surface area contributed by atoms with Crippen LogP contribution in [0.25, 0.3) is 0 Å². The minimum Gasteiger partial charge on any atom is -0.506 e. The van der Waals surface area contributed by atoms with Crippen LogP contribution in [0, 0.1) is 10.1 Å². The number of nitrogens with zero attached hydrogens (tertiary/aromatic N) is 2. The molecule has 1 aliphatic rings. The van der Waals surface area contributed by atoms with E-state index in [4.69, 9.17) is 0 Å². The number of amides is 1. The first-order valence-corrected chi connectivity index (χ1v) is 12.4. The number of nitrogens with one attached hydrogen (secondary N) is 1. The maximum absolute atomic E-state index is 12.7. The van der Waals surface area contributed by atoms with Gasteiger partial charge in [0, 0.05) is 37.0 Å². The highest BCUT2D eigenvalue weighted by Gasteiger charge is 2.28. The molecule has 166 valence electrons. The number of hydrogen-bond donors (Lipinski definition) is 2. The Morgan fingerprint density at radius 1 is 1.06 bits per heavy atom. The number of phenolic OH excluding ortho intramolecular Hbond substituents is 1. The fourth-order valence-electron chi connectivity index (χ4n) is 3.08. The van der Waals surface area contributed by atoms with Crippen molar-refractivity contribution in [1.82, 2.24) is 4.31 Å². The Morgan fingerprint density at radius 2 is 1.71 bits per heavy atom. The molecule has 1 fully saturated rings. The Morgan fingerprint density at radius 3 is 2.29 bits per heavy atom. The fourth-order valence-corrected chi connectivity index (χ4v) is 5.30. The van der Waals surface area contributed by atoms with Gasteiger partial charge in [-0.3, -0.25) is 14.9 Å². The molecule has 1 aliphatic heterocycles. The second kappa shape index (κ2) is 8.24. The van der Waals surface area contributed by atoms with Crippen LogP contribution in [0.2, 0.25) is 0 Å². The highest BCUT2D eigenvalue weighted by atomic mass is 32.2. The van der Waals surface area contributed by atoms with Gasteiger partial charge in [0.1, 0.15) is 5.75 Å². The number of nitro benzene ring substituents is 1. The third-order valence-corrected chi connectivity index (χ3v) is 7.70. The lowest BCUT2D eigenvalue weighted by molar-refractivity contribution is -0.385. The molecule has 0 spiro atoms. The molecule has 0 saturated carbocycles. The van der Waals surface area contributed by atoms with Crippen molar-refractivity contribution in [2.75, 3.05) is 24.7 Å². The quantitative estimate of drug-likeness (QED) is 0.367. The van der Waals surface area contributed by atoms with E-state index < -0.39 is 47.0 Å². The van der Waals surface area contributed by atoms with Crippen molar-refractivity contribution in [1.29, 1.82) is 0 Å². The van der Waals surface area contributed by atoms with Gasteiger partial charge < -0.3 is 10.4 Å². The minimum absolute atomic E-state index is 0.140. The van der Waals surface area contributed by atoms with Crippen molar-refractivity contribution in [2.45, 2.75) is 22.6 Å². The van der Waals surface area contributed by atoms with E-state index in [1.165, 1.54) is 10.4 Å². The topological polar surface area (TPSA) is 164 Å². The zero-order valence-corrected chi connectivity index (χ0v) is 17.9. The van der Waals surface area contributed by atoms with E-state index in [1.807, 2.05) is 0 Å². The summed E-state index contributed by atoms with van der Waals surface area (Å²) in [6.07, 6.45) is 2.30. The normalized spacial score (nSPS) is 15.0. The van der Waals surface area contributed by atoms with E-state index in [9.17, 15) is 36.9 Å². The number of carbonyl (C=O) groups is 1. The smallest absolute Gasteiger partial charge is 0.271 e. The first-order valence-electron chi connectivity index (χ1n) is 9.03. The Labute approximate surface area is 178 Å². The molecule has 1 amide bonds. The molecule has 0 radical (unpaired) electrons. The lowest BCUT2D eigenvalue weighted by atomic mass is 10.2. The van der Waals surface area contributed by atoms with Gasteiger partial charge in [0.25, 0.3) is 11.6 Å². The summed E-state index contributed by atoms with van der Waals surface area (Å²) in [6.45, 7) is 0.736. The maximum Gasteiger partial charge on any atom is 0.271 e.